The lowest BCUT2D eigenvalue weighted by Gasteiger charge is -2.19. The first-order valence-corrected chi connectivity index (χ1v) is 8.62. The van der Waals surface area contributed by atoms with Gasteiger partial charge in [-0.3, -0.25) is 4.79 Å². The Morgan fingerprint density at radius 1 is 1.08 bits per heavy atom. The number of rotatable bonds is 4. The van der Waals surface area contributed by atoms with E-state index in [1.165, 1.54) is 5.56 Å². The van der Waals surface area contributed by atoms with Crippen molar-refractivity contribution in [2.75, 3.05) is 0 Å². The molecular weight excluding hydrogens is 332 g/mol. The number of hydrogen-bond donors (Lipinski definition) is 0. The van der Waals surface area contributed by atoms with Crippen LogP contribution in [0.1, 0.15) is 42.3 Å². The van der Waals surface area contributed by atoms with Crippen molar-refractivity contribution in [1.29, 1.82) is 0 Å². The Bertz CT molecular complexity index is 875. The largest absolute Gasteiger partial charge is 0.333 e. The van der Waals surface area contributed by atoms with E-state index in [0.29, 0.717) is 12.1 Å². The first-order chi connectivity index (χ1) is 11.8. The number of carbonyl (C=O) groups excluding carboxylic acids is 1. The van der Waals surface area contributed by atoms with Gasteiger partial charge in [-0.15, -0.1) is 0 Å². The molecule has 0 saturated heterocycles. The van der Waals surface area contributed by atoms with Gasteiger partial charge in [0.2, 0.25) is 0 Å². The maximum absolute atomic E-state index is 11.7. The quantitative estimate of drug-likeness (QED) is 0.599. The standard InChI is InChI=1S/C21H21ClN2O/c1-21(2,3)18-7-4-15(5-8-18)16-6-9-19(20(22)25)17(12-16)13-24-11-10-23-14-24/h4-12,14H,13H2,1-3H3. The van der Waals surface area contributed by atoms with Gasteiger partial charge >= 0.3 is 0 Å². The summed E-state index contributed by atoms with van der Waals surface area (Å²) in [5, 5.41) is -0.440. The smallest absolute Gasteiger partial charge is 0.252 e. The zero-order chi connectivity index (χ0) is 18.0. The van der Waals surface area contributed by atoms with Crippen molar-refractivity contribution in [2.45, 2.75) is 32.7 Å². The van der Waals surface area contributed by atoms with Gasteiger partial charge in [-0.05, 0) is 51.4 Å². The molecule has 128 valence electrons. The van der Waals surface area contributed by atoms with E-state index < -0.39 is 5.24 Å². The second kappa shape index (κ2) is 6.85. The minimum absolute atomic E-state index is 0.125. The molecule has 0 saturated carbocycles. The number of nitrogens with zero attached hydrogens (tertiary/aromatic N) is 2. The summed E-state index contributed by atoms with van der Waals surface area (Å²) in [6.45, 7) is 7.16. The topological polar surface area (TPSA) is 34.9 Å². The maximum Gasteiger partial charge on any atom is 0.252 e. The Hall–Kier alpha value is -2.39. The van der Waals surface area contributed by atoms with Gasteiger partial charge in [-0.2, -0.15) is 0 Å². The van der Waals surface area contributed by atoms with Crippen molar-refractivity contribution < 1.29 is 4.79 Å². The second-order valence-electron chi connectivity index (χ2n) is 7.21. The van der Waals surface area contributed by atoms with Crippen molar-refractivity contribution in [3.63, 3.8) is 0 Å². The van der Waals surface area contributed by atoms with E-state index in [1.807, 2.05) is 22.9 Å². The van der Waals surface area contributed by atoms with Crippen molar-refractivity contribution >= 4 is 16.8 Å². The summed E-state index contributed by atoms with van der Waals surface area (Å²) in [5.74, 6) is 0. The number of halogens is 1. The molecule has 0 bridgehead atoms. The zero-order valence-corrected chi connectivity index (χ0v) is 15.4. The van der Waals surface area contributed by atoms with Crippen LogP contribution in [0.15, 0.2) is 61.2 Å². The normalized spacial score (nSPS) is 11.5. The van der Waals surface area contributed by atoms with Crippen LogP contribution in [0.4, 0.5) is 0 Å². The van der Waals surface area contributed by atoms with E-state index >= 15 is 0 Å². The monoisotopic (exact) mass is 352 g/mol. The van der Waals surface area contributed by atoms with E-state index in [0.717, 1.165) is 16.7 Å². The van der Waals surface area contributed by atoms with Gasteiger partial charge in [0.15, 0.2) is 0 Å². The van der Waals surface area contributed by atoms with E-state index in [1.54, 1.807) is 18.6 Å². The molecule has 3 nitrogen and oxygen atoms in total. The van der Waals surface area contributed by atoms with Gasteiger partial charge in [-0.1, -0.05) is 51.1 Å². The van der Waals surface area contributed by atoms with Crippen molar-refractivity contribution in [3.05, 3.63) is 77.9 Å². The molecule has 0 fully saturated rings. The molecule has 1 aromatic heterocycles. The number of benzene rings is 2. The van der Waals surface area contributed by atoms with Crippen molar-refractivity contribution in [3.8, 4) is 11.1 Å². The molecule has 0 amide bonds. The molecule has 3 aromatic rings. The fourth-order valence-electron chi connectivity index (χ4n) is 2.84. The summed E-state index contributed by atoms with van der Waals surface area (Å²) >= 11 is 5.75. The van der Waals surface area contributed by atoms with Gasteiger partial charge in [0, 0.05) is 24.5 Å². The average Bonchev–Trinajstić information content (AvgIpc) is 3.07. The zero-order valence-electron chi connectivity index (χ0n) is 14.7. The third kappa shape index (κ3) is 3.99. The Balaban J connectivity index is 1.98. The van der Waals surface area contributed by atoms with E-state index in [-0.39, 0.29) is 5.41 Å². The summed E-state index contributed by atoms with van der Waals surface area (Å²) < 4.78 is 1.92. The first-order valence-electron chi connectivity index (χ1n) is 8.24. The fourth-order valence-corrected chi connectivity index (χ4v) is 3.02. The molecule has 0 aliphatic heterocycles. The lowest BCUT2D eigenvalue weighted by molar-refractivity contribution is 0.108. The molecular formula is C21H21ClN2O. The lowest BCUT2D eigenvalue weighted by Crippen LogP contribution is -2.10. The van der Waals surface area contributed by atoms with Gasteiger partial charge in [0.1, 0.15) is 0 Å². The molecule has 0 aliphatic rings. The summed E-state index contributed by atoms with van der Waals surface area (Å²) in [5.41, 5.74) is 5.02. The third-order valence-electron chi connectivity index (χ3n) is 4.31. The average molecular weight is 353 g/mol. The molecule has 0 atom stereocenters. The number of carbonyl (C=O) groups is 1. The molecule has 1 heterocycles. The highest BCUT2D eigenvalue weighted by Gasteiger charge is 2.14. The maximum atomic E-state index is 11.7. The molecule has 0 N–H and O–H groups in total. The SMILES string of the molecule is CC(C)(C)c1ccc(-c2ccc(C(=O)Cl)c(Cn3ccnc3)c2)cc1. The van der Waals surface area contributed by atoms with E-state index in [4.69, 9.17) is 11.6 Å². The van der Waals surface area contributed by atoms with Crippen LogP contribution in [-0.2, 0) is 12.0 Å². The van der Waals surface area contributed by atoms with Crippen LogP contribution in [0.5, 0.6) is 0 Å². The highest BCUT2D eigenvalue weighted by molar-refractivity contribution is 6.67. The van der Waals surface area contributed by atoms with E-state index in [2.05, 4.69) is 50.0 Å². The number of hydrogen-bond acceptors (Lipinski definition) is 2. The van der Waals surface area contributed by atoms with Crippen molar-refractivity contribution in [2.24, 2.45) is 0 Å². The molecule has 3 rings (SSSR count). The van der Waals surface area contributed by atoms with Crippen LogP contribution in [0.3, 0.4) is 0 Å². The molecule has 0 unspecified atom stereocenters. The van der Waals surface area contributed by atoms with E-state index in [9.17, 15) is 4.79 Å². The van der Waals surface area contributed by atoms with Gasteiger partial charge in [0.25, 0.3) is 5.24 Å². The van der Waals surface area contributed by atoms with Crippen LogP contribution in [0.25, 0.3) is 11.1 Å². The van der Waals surface area contributed by atoms with Crippen LogP contribution in [0.2, 0.25) is 0 Å². The molecule has 25 heavy (non-hydrogen) atoms. The Labute approximate surface area is 153 Å². The first kappa shape index (κ1) is 17.4. The Kier molecular flexibility index (Phi) is 4.78. The molecule has 4 heteroatoms. The van der Waals surface area contributed by atoms with Crippen LogP contribution in [-0.4, -0.2) is 14.8 Å². The Morgan fingerprint density at radius 2 is 1.76 bits per heavy atom. The minimum Gasteiger partial charge on any atom is -0.333 e. The summed E-state index contributed by atoms with van der Waals surface area (Å²) in [6.07, 6.45) is 5.32. The predicted octanol–water partition coefficient (Wildman–Crippen LogP) is 5.27. The molecule has 0 aliphatic carbocycles. The predicted molar refractivity (Wildman–Crippen MR) is 102 cm³/mol. The fraction of sp³-hybridized carbons (Fsp3) is 0.238. The second-order valence-corrected chi connectivity index (χ2v) is 7.55. The van der Waals surface area contributed by atoms with Gasteiger partial charge in [0.05, 0.1) is 6.33 Å². The number of imidazole rings is 1. The summed E-state index contributed by atoms with van der Waals surface area (Å²) in [6, 6.07) is 14.3. The summed E-state index contributed by atoms with van der Waals surface area (Å²) in [7, 11) is 0. The highest BCUT2D eigenvalue weighted by atomic mass is 35.5. The van der Waals surface area contributed by atoms with Crippen LogP contribution >= 0.6 is 11.6 Å². The lowest BCUT2D eigenvalue weighted by atomic mass is 9.86. The number of aromatic nitrogens is 2. The highest BCUT2D eigenvalue weighted by Crippen LogP contribution is 2.28. The van der Waals surface area contributed by atoms with Crippen LogP contribution in [0, 0.1) is 0 Å². The van der Waals surface area contributed by atoms with Gasteiger partial charge < -0.3 is 4.57 Å². The molecule has 0 radical (unpaired) electrons. The molecule has 2 aromatic carbocycles. The minimum atomic E-state index is -0.440. The van der Waals surface area contributed by atoms with Crippen LogP contribution < -0.4 is 0 Å². The van der Waals surface area contributed by atoms with Crippen molar-refractivity contribution in [1.82, 2.24) is 9.55 Å². The van der Waals surface area contributed by atoms with Gasteiger partial charge in [-0.25, -0.2) is 4.98 Å². The third-order valence-corrected chi connectivity index (χ3v) is 4.52. The summed E-state index contributed by atoms with van der Waals surface area (Å²) in [4.78, 5) is 15.8. The Morgan fingerprint density at radius 3 is 2.32 bits per heavy atom. The molecule has 0 spiro atoms.